The van der Waals surface area contributed by atoms with Gasteiger partial charge in [0.1, 0.15) is 6.04 Å². The molecule has 4 fully saturated rings. The van der Waals surface area contributed by atoms with Crippen LogP contribution in [0.1, 0.15) is 80.2 Å². The van der Waals surface area contributed by atoms with Crippen molar-refractivity contribution in [2.24, 2.45) is 23.2 Å². The molecule has 2 aromatic rings. The van der Waals surface area contributed by atoms with Crippen molar-refractivity contribution >= 4 is 24.8 Å². The Morgan fingerprint density at radius 1 is 1.02 bits per heavy atom. The Morgan fingerprint density at radius 2 is 1.76 bits per heavy atom. The molecule has 0 radical (unpaired) electrons. The van der Waals surface area contributed by atoms with Crippen LogP contribution in [0, 0.1) is 30.1 Å². The van der Waals surface area contributed by atoms with Crippen LogP contribution in [0.25, 0.3) is 0 Å². The highest BCUT2D eigenvalue weighted by Crippen LogP contribution is 2.65. The topological polar surface area (TPSA) is 119 Å². The number of carbonyl (C=O) groups excluding carboxylic acids is 3. The molecule has 6 rings (SSSR count). The summed E-state index contributed by atoms with van der Waals surface area (Å²) in [6.07, 6.45) is 5.72. The van der Waals surface area contributed by atoms with Gasteiger partial charge in [0.05, 0.1) is 23.2 Å². The fourth-order valence-corrected chi connectivity index (χ4v) is 7.05. The van der Waals surface area contributed by atoms with Crippen molar-refractivity contribution in [1.82, 2.24) is 20.9 Å². The second kappa shape index (κ2) is 11.8. The maximum atomic E-state index is 13.8. The van der Waals surface area contributed by atoms with Crippen LogP contribution in [0.5, 0.6) is 0 Å². The maximum Gasteiger partial charge on any atom is 0.481 e. The molecule has 224 valence electrons. The van der Waals surface area contributed by atoms with E-state index >= 15 is 0 Å². The number of carbonyl (C=O) groups is 3. The van der Waals surface area contributed by atoms with Crippen molar-refractivity contribution in [2.75, 3.05) is 6.54 Å². The average Bonchev–Trinajstić information content (AvgIpc) is 3.32. The molecule has 3 aliphatic carbocycles. The van der Waals surface area contributed by atoms with Crippen molar-refractivity contribution in [1.29, 1.82) is 0 Å². The number of rotatable bonds is 10. The molecule has 1 saturated heterocycles. The van der Waals surface area contributed by atoms with Crippen molar-refractivity contribution < 1.29 is 23.7 Å². The van der Waals surface area contributed by atoms with E-state index in [-0.39, 0.29) is 29.9 Å². The lowest BCUT2D eigenvalue weighted by Gasteiger charge is -2.64. The van der Waals surface area contributed by atoms with Gasteiger partial charge < -0.3 is 25.3 Å². The van der Waals surface area contributed by atoms with Crippen molar-refractivity contribution in [3.05, 3.63) is 65.5 Å². The van der Waals surface area contributed by atoms with Gasteiger partial charge in [0, 0.05) is 24.5 Å². The molecule has 0 unspecified atom stereocenters. The summed E-state index contributed by atoms with van der Waals surface area (Å²) in [5.41, 5.74) is 1.63. The second-order valence-electron chi connectivity index (χ2n) is 13.4. The third-order valence-corrected chi connectivity index (χ3v) is 9.68. The van der Waals surface area contributed by atoms with Crippen LogP contribution in [0.3, 0.4) is 0 Å². The molecule has 3 N–H and O–H groups in total. The molecule has 4 aliphatic rings. The minimum Gasteiger partial charge on any atom is -0.404 e. The highest BCUT2D eigenvalue weighted by atomic mass is 16.7. The van der Waals surface area contributed by atoms with Gasteiger partial charge in [-0.15, -0.1) is 0 Å². The van der Waals surface area contributed by atoms with E-state index in [0.717, 1.165) is 18.4 Å². The Bertz CT molecular complexity index is 1300. The molecular weight excluding hydrogens is 531 g/mol. The summed E-state index contributed by atoms with van der Waals surface area (Å²) >= 11 is 0. The van der Waals surface area contributed by atoms with E-state index in [0.29, 0.717) is 29.4 Å². The lowest BCUT2D eigenvalue weighted by Crippen LogP contribution is -2.65. The summed E-state index contributed by atoms with van der Waals surface area (Å²) < 4.78 is 13.2. The highest BCUT2D eigenvalue weighted by molar-refractivity contribution is 6.48. The van der Waals surface area contributed by atoms with Gasteiger partial charge in [-0.2, -0.15) is 0 Å². The Kier molecular flexibility index (Phi) is 8.49. The molecule has 9 nitrogen and oxygen atoms in total. The zero-order valence-corrected chi connectivity index (χ0v) is 25.5. The first-order valence-electron chi connectivity index (χ1n) is 15.1. The van der Waals surface area contributed by atoms with E-state index < -0.39 is 36.5 Å². The average molecular weight is 575 g/mol. The van der Waals surface area contributed by atoms with Crippen LogP contribution in [-0.2, 0) is 14.1 Å². The molecule has 10 heteroatoms. The SMILES string of the molecule is Cc1ccc(C(=O)NC[C@H](NC(=O)c2cccnc2)C(=O)N[C@@H](CC(C)C)B2O[C@@H]3C[C@@H]4C[C@@H](C4(C)C)[C@]3(C)O2)cc1. The molecule has 3 saturated carbocycles. The Morgan fingerprint density at radius 3 is 2.40 bits per heavy atom. The fourth-order valence-electron chi connectivity index (χ4n) is 7.05. The predicted molar refractivity (Wildman–Crippen MR) is 161 cm³/mol. The summed E-state index contributed by atoms with van der Waals surface area (Å²) in [5.74, 6) is -0.356. The van der Waals surface area contributed by atoms with Gasteiger partial charge >= 0.3 is 7.12 Å². The normalized spacial score (nSPS) is 26.9. The van der Waals surface area contributed by atoms with Gasteiger partial charge in [0.2, 0.25) is 5.91 Å². The number of pyridine rings is 1. The standard InChI is InChI=1S/C32H43BN4O5/c1-19(2)14-27(33-41-26-16-23-15-25(31(23,4)5)32(26,6)42-33)37-30(40)24(36-29(39)22-8-7-13-34-17-22)18-35-28(38)21-11-9-20(3)10-12-21/h7-13,17,19,23-27H,14-16,18H2,1-6H3,(H,35,38)(H,36,39)(H,37,40)/t23-,24-,25-,26+,27-,32-/m0/s1. The minimum atomic E-state index is -1.03. The third kappa shape index (κ3) is 5.97. The number of benzene rings is 1. The molecule has 1 aromatic heterocycles. The molecule has 42 heavy (non-hydrogen) atoms. The van der Waals surface area contributed by atoms with Gasteiger partial charge in [-0.25, -0.2) is 0 Å². The Hall–Kier alpha value is -3.24. The monoisotopic (exact) mass is 574 g/mol. The van der Waals surface area contributed by atoms with Crippen LogP contribution >= 0.6 is 0 Å². The van der Waals surface area contributed by atoms with Crippen LogP contribution in [-0.4, -0.2) is 60.1 Å². The third-order valence-electron chi connectivity index (χ3n) is 9.68. The van der Waals surface area contributed by atoms with Crippen LogP contribution in [0.15, 0.2) is 48.8 Å². The van der Waals surface area contributed by atoms with Gasteiger partial charge in [0.15, 0.2) is 0 Å². The number of hydrogen-bond acceptors (Lipinski definition) is 6. The quantitative estimate of drug-likeness (QED) is 0.373. The van der Waals surface area contributed by atoms with Crippen LogP contribution in [0.4, 0.5) is 0 Å². The predicted octanol–water partition coefficient (Wildman–Crippen LogP) is 3.72. The molecule has 0 spiro atoms. The van der Waals surface area contributed by atoms with Gasteiger partial charge in [-0.05, 0) is 80.5 Å². The Balaban J connectivity index is 1.31. The summed E-state index contributed by atoms with van der Waals surface area (Å²) in [4.78, 5) is 43.8. The summed E-state index contributed by atoms with van der Waals surface area (Å²) in [6.45, 7) is 12.8. The second-order valence-corrected chi connectivity index (χ2v) is 13.4. The van der Waals surface area contributed by atoms with E-state index in [2.05, 4.69) is 55.6 Å². The Labute approximate surface area is 249 Å². The van der Waals surface area contributed by atoms with Gasteiger partial charge in [-0.1, -0.05) is 45.4 Å². The lowest BCUT2D eigenvalue weighted by molar-refractivity contribution is -0.199. The van der Waals surface area contributed by atoms with Crippen molar-refractivity contribution in [3.63, 3.8) is 0 Å². The van der Waals surface area contributed by atoms with Crippen LogP contribution < -0.4 is 16.0 Å². The minimum absolute atomic E-state index is 0.0132. The van der Waals surface area contributed by atoms with E-state index in [1.165, 1.54) is 6.20 Å². The largest absolute Gasteiger partial charge is 0.481 e. The molecule has 1 aliphatic heterocycles. The zero-order valence-electron chi connectivity index (χ0n) is 25.5. The first-order chi connectivity index (χ1) is 19.9. The van der Waals surface area contributed by atoms with Crippen molar-refractivity contribution in [2.45, 2.75) is 84.5 Å². The molecule has 1 aromatic carbocycles. The number of amides is 3. The molecule has 3 amide bonds. The van der Waals surface area contributed by atoms with Gasteiger partial charge in [-0.3, -0.25) is 19.4 Å². The van der Waals surface area contributed by atoms with E-state index in [1.807, 2.05) is 19.1 Å². The number of aromatic nitrogens is 1. The van der Waals surface area contributed by atoms with E-state index in [9.17, 15) is 14.4 Å². The molecule has 2 heterocycles. The molecule has 6 atom stereocenters. The summed E-state index contributed by atoms with van der Waals surface area (Å²) in [7, 11) is -0.599. The number of hydrogen-bond donors (Lipinski definition) is 3. The van der Waals surface area contributed by atoms with Crippen molar-refractivity contribution in [3.8, 4) is 0 Å². The summed E-state index contributed by atoms with van der Waals surface area (Å²) in [6, 6.07) is 9.41. The first kappa shape index (κ1) is 30.2. The zero-order chi connectivity index (χ0) is 30.2. The smallest absolute Gasteiger partial charge is 0.404 e. The fraction of sp³-hybridized carbons (Fsp3) is 0.562. The van der Waals surface area contributed by atoms with E-state index in [1.54, 1.807) is 30.5 Å². The maximum absolute atomic E-state index is 13.8. The number of aryl methyl sites for hydroxylation is 1. The molecule has 2 bridgehead atoms. The summed E-state index contributed by atoms with van der Waals surface area (Å²) in [5, 5.41) is 8.73. The number of nitrogens with one attached hydrogen (secondary N) is 3. The number of nitrogens with zero attached hydrogens (tertiary/aromatic N) is 1. The first-order valence-corrected chi connectivity index (χ1v) is 15.1. The molecular formula is C32H43BN4O5. The van der Waals surface area contributed by atoms with Gasteiger partial charge in [0.25, 0.3) is 11.8 Å². The lowest BCUT2D eigenvalue weighted by atomic mass is 9.43. The highest BCUT2D eigenvalue weighted by Gasteiger charge is 2.68. The van der Waals surface area contributed by atoms with E-state index in [4.69, 9.17) is 9.31 Å². The van der Waals surface area contributed by atoms with Crippen LogP contribution in [0.2, 0.25) is 0 Å².